The van der Waals surface area contributed by atoms with Crippen molar-refractivity contribution in [1.29, 1.82) is 5.53 Å². The molecule has 0 aliphatic carbocycles. The maximum Gasteiger partial charge on any atom is 0.307 e. The van der Waals surface area contributed by atoms with E-state index in [1.54, 1.807) is 12.1 Å². The van der Waals surface area contributed by atoms with E-state index in [-0.39, 0.29) is 18.7 Å². The molecule has 5 nitrogen and oxygen atoms in total. The number of hydrogen-bond acceptors (Lipinski definition) is 4. The summed E-state index contributed by atoms with van der Waals surface area (Å²) in [5.74, 6) is -1.08. The predicted octanol–water partition coefficient (Wildman–Crippen LogP) is 1.55. The monoisotopic (exact) mass is 194 g/mol. The van der Waals surface area contributed by atoms with Gasteiger partial charge in [-0.1, -0.05) is 18.2 Å². The lowest BCUT2D eigenvalue weighted by molar-refractivity contribution is -0.136. The highest BCUT2D eigenvalue weighted by molar-refractivity contribution is 5.71. The number of aliphatic carboxylic acids is 1. The van der Waals surface area contributed by atoms with Gasteiger partial charge in [0.05, 0.1) is 13.0 Å². The summed E-state index contributed by atoms with van der Waals surface area (Å²) in [6.07, 6.45) is -0.225. The number of nitrogens with one attached hydrogen (secondary N) is 1. The molecule has 0 bridgehead atoms. The lowest BCUT2D eigenvalue weighted by atomic mass is 10.1. The summed E-state index contributed by atoms with van der Waals surface area (Å²) in [6.45, 7) is 0.0687. The first-order valence-corrected chi connectivity index (χ1v) is 4.00. The molecule has 0 saturated heterocycles. The average molecular weight is 194 g/mol. The van der Waals surface area contributed by atoms with Gasteiger partial charge in [0, 0.05) is 11.1 Å². The van der Waals surface area contributed by atoms with Gasteiger partial charge in [-0.15, -0.1) is 0 Å². The van der Waals surface area contributed by atoms with Crippen molar-refractivity contribution >= 4 is 5.97 Å². The number of hydrogen-bond donors (Lipinski definition) is 3. The van der Waals surface area contributed by atoms with E-state index in [1.165, 1.54) is 6.07 Å². The molecule has 0 heterocycles. The fourth-order valence-corrected chi connectivity index (χ4v) is 1.16. The van der Waals surface area contributed by atoms with E-state index in [4.69, 9.17) is 10.6 Å². The first-order chi connectivity index (χ1) is 6.65. The predicted molar refractivity (Wildman–Crippen MR) is 48.3 cm³/mol. The van der Waals surface area contributed by atoms with E-state index in [2.05, 4.69) is 5.11 Å². The molecule has 1 aromatic carbocycles. The number of nitrogens with zero attached hydrogens (tertiary/aromatic N) is 1. The number of rotatable bonds is 4. The SMILES string of the molecule is N=NCc1cccc(CC(=O)O)c1O. The number of benzene rings is 1. The van der Waals surface area contributed by atoms with Crippen LogP contribution in [0.3, 0.4) is 0 Å². The molecule has 0 spiro atoms. The first kappa shape index (κ1) is 10.2. The molecule has 0 aliphatic heterocycles. The lowest BCUT2D eigenvalue weighted by Gasteiger charge is -2.05. The molecule has 0 aliphatic rings. The van der Waals surface area contributed by atoms with Gasteiger partial charge in [-0.2, -0.15) is 5.11 Å². The van der Waals surface area contributed by atoms with Gasteiger partial charge in [0.2, 0.25) is 0 Å². The second kappa shape index (κ2) is 4.36. The molecule has 5 heteroatoms. The molecule has 3 N–H and O–H groups in total. The Morgan fingerprint density at radius 1 is 1.43 bits per heavy atom. The number of para-hydroxylation sites is 1. The van der Waals surface area contributed by atoms with Crippen LogP contribution in [0.4, 0.5) is 0 Å². The molecule has 1 aromatic rings. The molecule has 0 aromatic heterocycles. The summed E-state index contributed by atoms with van der Waals surface area (Å²) < 4.78 is 0. The van der Waals surface area contributed by atoms with Crippen molar-refractivity contribution in [3.63, 3.8) is 0 Å². The molecular formula is C9H10N2O3. The Hall–Kier alpha value is -1.91. The summed E-state index contributed by atoms with van der Waals surface area (Å²) in [4.78, 5) is 10.4. The van der Waals surface area contributed by atoms with E-state index in [1.807, 2.05) is 0 Å². The Morgan fingerprint density at radius 2 is 2.07 bits per heavy atom. The van der Waals surface area contributed by atoms with Crippen molar-refractivity contribution in [3.05, 3.63) is 29.3 Å². The molecule has 1 rings (SSSR count). The summed E-state index contributed by atoms with van der Waals surface area (Å²) in [7, 11) is 0. The van der Waals surface area contributed by atoms with Gasteiger partial charge in [-0.3, -0.25) is 4.79 Å². The Bertz CT molecular complexity index is 363. The molecule has 0 radical (unpaired) electrons. The standard InChI is InChI=1S/C9H10N2O3/c10-11-5-7-3-1-2-6(9(7)14)4-8(12)13/h1-3,10,14H,4-5H2,(H,12,13). The van der Waals surface area contributed by atoms with Crippen molar-refractivity contribution in [2.45, 2.75) is 13.0 Å². The summed E-state index contributed by atoms with van der Waals surface area (Å²) >= 11 is 0. The zero-order valence-corrected chi connectivity index (χ0v) is 7.40. The third-order valence-corrected chi connectivity index (χ3v) is 1.79. The van der Waals surface area contributed by atoms with Crippen molar-refractivity contribution < 1.29 is 15.0 Å². The van der Waals surface area contributed by atoms with Gasteiger partial charge in [0.25, 0.3) is 0 Å². The third-order valence-electron chi connectivity index (χ3n) is 1.79. The van der Waals surface area contributed by atoms with Crippen molar-refractivity contribution in [2.75, 3.05) is 0 Å². The quantitative estimate of drug-likeness (QED) is 0.634. The van der Waals surface area contributed by atoms with Crippen LogP contribution in [-0.2, 0) is 17.8 Å². The minimum atomic E-state index is -1.000. The Kier molecular flexibility index (Phi) is 3.17. The first-order valence-electron chi connectivity index (χ1n) is 4.00. The number of carboxylic acids is 1. The van der Waals surface area contributed by atoms with Crippen molar-refractivity contribution in [1.82, 2.24) is 0 Å². The van der Waals surface area contributed by atoms with Crippen LogP contribution in [0.5, 0.6) is 5.75 Å². The molecule has 0 atom stereocenters. The highest BCUT2D eigenvalue weighted by Crippen LogP contribution is 2.23. The molecule has 0 amide bonds. The van der Waals surface area contributed by atoms with Crippen molar-refractivity contribution in [2.24, 2.45) is 5.11 Å². The van der Waals surface area contributed by atoms with E-state index < -0.39 is 5.97 Å². The highest BCUT2D eigenvalue weighted by Gasteiger charge is 2.09. The zero-order valence-electron chi connectivity index (χ0n) is 7.40. The van der Waals surface area contributed by atoms with Crippen LogP contribution in [0, 0.1) is 5.53 Å². The number of carboxylic acid groups (broad SMARTS) is 1. The van der Waals surface area contributed by atoms with Crippen LogP contribution in [0.15, 0.2) is 23.3 Å². The summed E-state index contributed by atoms with van der Waals surface area (Å²) in [5.41, 5.74) is 7.46. The maximum absolute atomic E-state index is 10.4. The van der Waals surface area contributed by atoms with E-state index in [0.717, 1.165) is 0 Å². The van der Waals surface area contributed by atoms with Gasteiger partial charge in [-0.05, 0) is 0 Å². The van der Waals surface area contributed by atoms with Crippen LogP contribution >= 0.6 is 0 Å². The van der Waals surface area contributed by atoms with Gasteiger partial charge in [-0.25, -0.2) is 5.53 Å². The minimum absolute atomic E-state index is 0.0687. The number of phenolic OH excluding ortho intramolecular Hbond substituents is 1. The Morgan fingerprint density at radius 3 is 2.64 bits per heavy atom. The van der Waals surface area contributed by atoms with Crippen LogP contribution < -0.4 is 0 Å². The largest absolute Gasteiger partial charge is 0.507 e. The second-order valence-corrected chi connectivity index (χ2v) is 2.81. The molecule has 0 fully saturated rings. The summed E-state index contributed by atoms with van der Waals surface area (Å²) in [5, 5.41) is 21.2. The number of phenols is 1. The second-order valence-electron chi connectivity index (χ2n) is 2.81. The van der Waals surface area contributed by atoms with Gasteiger partial charge in [0.1, 0.15) is 5.75 Å². The Balaban J connectivity index is 3.00. The molecule has 0 unspecified atom stereocenters. The van der Waals surface area contributed by atoms with Crippen molar-refractivity contribution in [3.8, 4) is 5.75 Å². The third kappa shape index (κ3) is 2.29. The highest BCUT2D eigenvalue weighted by atomic mass is 16.4. The smallest absolute Gasteiger partial charge is 0.307 e. The number of carbonyl (C=O) groups is 1. The van der Waals surface area contributed by atoms with E-state index >= 15 is 0 Å². The molecule has 14 heavy (non-hydrogen) atoms. The van der Waals surface area contributed by atoms with Gasteiger partial charge in [0.15, 0.2) is 0 Å². The fraction of sp³-hybridized carbons (Fsp3) is 0.222. The van der Waals surface area contributed by atoms with E-state index in [0.29, 0.717) is 11.1 Å². The minimum Gasteiger partial charge on any atom is -0.507 e. The summed E-state index contributed by atoms with van der Waals surface area (Å²) in [6, 6.07) is 4.79. The topological polar surface area (TPSA) is 93.7 Å². The van der Waals surface area contributed by atoms with Crippen LogP contribution in [0.25, 0.3) is 0 Å². The van der Waals surface area contributed by atoms with Gasteiger partial charge >= 0.3 is 5.97 Å². The van der Waals surface area contributed by atoms with Crippen LogP contribution in [-0.4, -0.2) is 16.2 Å². The maximum atomic E-state index is 10.4. The number of aromatic hydroxyl groups is 1. The molecule has 74 valence electrons. The Labute approximate surface area is 80.5 Å². The lowest BCUT2D eigenvalue weighted by Crippen LogP contribution is -2.01. The van der Waals surface area contributed by atoms with Gasteiger partial charge < -0.3 is 10.2 Å². The normalized spacial score (nSPS) is 9.71. The molecular weight excluding hydrogens is 184 g/mol. The van der Waals surface area contributed by atoms with E-state index in [9.17, 15) is 9.90 Å². The zero-order chi connectivity index (χ0) is 10.6. The fourth-order valence-electron chi connectivity index (χ4n) is 1.16. The average Bonchev–Trinajstić information content (AvgIpc) is 2.11. The van der Waals surface area contributed by atoms with Crippen LogP contribution in [0.2, 0.25) is 0 Å². The van der Waals surface area contributed by atoms with Crippen LogP contribution in [0.1, 0.15) is 11.1 Å². The molecule has 0 saturated carbocycles.